The molecule has 0 unspecified atom stereocenters. The molecule has 0 fully saturated rings. The van der Waals surface area contributed by atoms with Gasteiger partial charge in [-0.25, -0.2) is 8.78 Å². The molecule has 2 N–H and O–H groups in total. The van der Waals surface area contributed by atoms with Gasteiger partial charge in [-0.15, -0.1) is 0 Å². The van der Waals surface area contributed by atoms with E-state index in [9.17, 15) is 8.78 Å². The third-order valence-electron chi connectivity index (χ3n) is 3.14. The molecule has 1 rings (SSSR count). The smallest absolute Gasteiger partial charge is 0.190 e. The standard InChI is InChI=1S/C16H25F2N3O2/c1-19-16(20-8-4-10-23-12-11-22-2)21-9-7-13-14(17)5-3-6-15(13)18/h3,5-6H,4,7-12H2,1-2H3,(H2,19,20,21). The molecular formula is C16H25F2N3O2. The number of nitrogens with one attached hydrogen (secondary N) is 2. The van der Waals surface area contributed by atoms with Crippen LogP contribution in [0.1, 0.15) is 12.0 Å². The van der Waals surface area contributed by atoms with E-state index < -0.39 is 11.6 Å². The van der Waals surface area contributed by atoms with E-state index in [2.05, 4.69) is 15.6 Å². The van der Waals surface area contributed by atoms with Gasteiger partial charge in [0.25, 0.3) is 0 Å². The zero-order chi connectivity index (χ0) is 16.9. The summed E-state index contributed by atoms with van der Waals surface area (Å²) in [4.78, 5) is 4.06. The summed E-state index contributed by atoms with van der Waals surface area (Å²) in [5, 5.41) is 6.14. The van der Waals surface area contributed by atoms with Crippen molar-refractivity contribution < 1.29 is 18.3 Å². The fourth-order valence-corrected chi connectivity index (χ4v) is 1.92. The van der Waals surface area contributed by atoms with Crippen molar-refractivity contribution in [3.63, 3.8) is 0 Å². The van der Waals surface area contributed by atoms with Crippen molar-refractivity contribution in [1.29, 1.82) is 0 Å². The van der Waals surface area contributed by atoms with Crippen LogP contribution in [-0.4, -0.2) is 53.0 Å². The number of aliphatic imine (C=N–C) groups is 1. The van der Waals surface area contributed by atoms with E-state index in [1.165, 1.54) is 18.2 Å². The van der Waals surface area contributed by atoms with Crippen molar-refractivity contribution in [2.24, 2.45) is 4.99 Å². The molecule has 7 heteroatoms. The van der Waals surface area contributed by atoms with Gasteiger partial charge in [0.15, 0.2) is 5.96 Å². The number of nitrogens with zero attached hydrogens (tertiary/aromatic N) is 1. The molecule has 0 bridgehead atoms. The van der Waals surface area contributed by atoms with Gasteiger partial charge in [-0.3, -0.25) is 4.99 Å². The van der Waals surface area contributed by atoms with E-state index in [-0.39, 0.29) is 12.0 Å². The van der Waals surface area contributed by atoms with E-state index >= 15 is 0 Å². The second-order valence-electron chi connectivity index (χ2n) is 4.83. The molecule has 5 nitrogen and oxygen atoms in total. The van der Waals surface area contributed by atoms with E-state index in [0.29, 0.717) is 38.9 Å². The minimum atomic E-state index is -0.525. The maximum atomic E-state index is 13.5. The van der Waals surface area contributed by atoms with Crippen LogP contribution in [-0.2, 0) is 15.9 Å². The third-order valence-corrected chi connectivity index (χ3v) is 3.14. The Morgan fingerprint density at radius 1 is 1.09 bits per heavy atom. The molecule has 1 aromatic carbocycles. The number of hydrogen-bond acceptors (Lipinski definition) is 3. The van der Waals surface area contributed by atoms with Gasteiger partial charge < -0.3 is 20.1 Å². The highest BCUT2D eigenvalue weighted by Gasteiger charge is 2.08. The Morgan fingerprint density at radius 3 is 2.43 bits per heavy atom. The highest BCUT2D eigenvalue weighted by atomic mass is 19.1. The van der Waals surface area contributed by atoms with Crippen molar-refractivity contribution in [3.05, 3.63) is 35.4 Å². The van der Waals surface area contributed by atoms with Crippen LogP contribution in [0.3, 0.4) is 0 Å². The molecule has 1 aromatic rings. The largest absolute Gasteiger partial charge is 0.382 e. The SMILES string of the molecule is CN=C(NCCCOCCOC)NCCc1c(F)cccc1F. The van der Waals surface area contributed by atoms with Crippen molar-refractivity contribution in [2.45, 2.75) is 12.8 Å². The first-order valence-corrected chi connectivity index (χ1v) is 7.63. The second kappa shape index (κ2) is 11.8. The summed E-state index contributed by atoms with van der Waals surface area (Å²) in [5.41, 5.74) is 0.0852. The molecule has 0 heterocycles. The molecular weight excluding hydrogens is 304 g/mol. The fourth-order valence-electron chi connectivity index (χ4n) is 1.92. The molecule has 0 aliphatic heterocycles. The van der Waals surface area contributed by atoms with Crippen LogP contribution >= 0.6 is 0 Å². The number of benzene rings is 1. The first-order chi connectivity index (χ1) is 11.2. The predicted octanol–water partition coefficient (Wildman–Crippen LogP) is 1.73. The number of guanidine groups is 1. The van der Waals surface area contributed by atoms with E-state index in [1.54, 1.807) is 14.2 Å². The van der Waals surface area contributed by atoms with Gasteiger partial charge in [-0.1, -0.05) is 6.07 Å². The van der Waals surface area contributed by atoms with Gasteiger partial charge in [0, 0.05) is 39.4 Å². The maximum absolute atomic E-state index is 13.5. The Bertz CT molecular complexity index is 464. The first kappa shape index (κ1) is 19.3. The molecule has 0 radical (unpaired) electrons. The lowest BCUT2D eigenvalue weighted by molar-refractivity contribution is 0.0698. The van der Waals surface area contributed by atoms with Gasteiger partial charge >= 0.3 is 0 Å². The van der Waals surface area contributed by atoms with Crippen molar-refractivity contribution in [1.82, 2.24) is 10.6 Å². The summed E-state index contributed by atoms with van der Waals surface area (Å²) in [6.45, 7) is 2.89. The molecule has 23 heavy (non-hydrogen) atoms. The minimum Gasteiger partial charge on any atom is -0.382 e. The van der Waals surface area contributed by atoms with Crippen LogP contribution in [0.15, 0.2) is 23.2 Å². The number of halogens is 2. The Balaban J connectivity index is 2.19. The second-order valence-corrected chi connectivity index (χ2v) is 4.83. The molecule has 0 spiro atoms. The zero-order valence-corrected chi connectivity index (χ0v) is 13.7. The quantitative estimate of drug-likeness (QED) is 0.390. The number of ether oxygens (including phenoxy) is 2. The average Bonchev–Trinajstić information content (AvgIpc) is 2.54. The molecule has 0 amide bonds. The highest BCUT2D eigenvalue weighted by molar-refractivity contribution is 5.79. The first-order valence-electron chi connectivity index (χ1n) is 7.63. The molecule has 0 saturated carbocycles. The van der Waals surface area contributed by atoms with Crippen LogP contribution < -0.4 is 10.6 Å². The number of methoxy groups -OCH3 is 1. The van der Waals surface area contributed by atoms with Crippen LogP contribution in [0, 0.1) is 11.6 Å². The lowest BCUT2D eigenvalue weighted by atomic mass is 10.1. The van der Waals surface area contributed by atoms with Crippen LogP contribution in [0.4, 0.5) is 8.78 Å². The molecule has 0 aliphatic rings. The number of rotatable bonds is 10. The summed E-state index contributed by atoms with van der Waals surface area (Å²) in [7, 11) is 3.28. The highest BCUT2D eigenvalue weighted by Crippen LogP contribution is 2.11. The van der Waals surface area contributed by atoms with Crippen LogP contribution in [0.25, 0.3) is 0 Å². The van der Waals surface area contributed by atoms with Crippen LogP contribution in [0.2, 0.25) is 0 Å². The molecule has 0 aromatic heterocycles. The topological polar surface area (TPSA) is 54.9 Å². The summed E-state index contributed by atoms with van der Waals surface area (Å²) >= 11 is 0. The van der Waals surface area contributed by atoms with E-state index in [1.807, 2.05) is 0 Å². The van der Waals surface area contributed by atoms with Crippen molar-refractivity contribution >= 4 is 5.96 Å². The van der Waals surface area contributed by atoms with Crippen LogP contribution in [0.5, 0.6) is 0 Å². The monoisotopic (exact) mass is 329 g/mol. The Kier molecular flexibility index (Phi) is 9.90. The van der Waals surface area contributed by atoms with E-state index in [4.69, 9.17) is 9.47 Å². The summed E-state index contributed by atoms with van der Waals surface area (Å²) in [6, 6.07) is 3.88. The average molecular weight is 329 g/mol. The van der Waals surface area contributed by atoms with Crippen molar-refractivity contribution in [2.75, 3.05) is 47.1 Å². The van der Waals surface area contributed by atoms with Crippen molar-refractivity contribution in [3.8, 4) is 0 Å². The summed E-state index contributed by atoms with van der Waals surface area (Å²) in [6.07, 6.45) is 1.08. The molecule has 130 valence electrons. The maximum Gasteiger partial charge on any atom is 0.190 e. The third kappa shape index (κ3) is 7.90. The lowest BCUT2D eigenvalue weighted by Crippen LogP contribution is -2.39. The molecule has 0 aliphatic carbocycles. The van der Waals surface area contributed by atoms with Gasteiger partial charge in [-0.2, -0.15) is 0 Å². The Morgan fingerprint density at radius 2 is 1.78 bits per heavy atom. The van der Waals surface area contributed by atoms with Gasteiger partial charge in [0.1, 0.15) is 11.6 Å². The number of hydrogen-bond donors (Lipinski definition) is 2. The predicted molar refractivity (Wildman–Crippen MR) is 86.7 cm³/mol. The van der Waals surface area contributed by atoms with E-state index in [0.717, 1.165) is 6.42 Å². The van der Waals surface area contributed by atoms with Gasteiger partial charge in [0.2, 0.25) is 0 Å². The fraction of sp³-hybridized carbons (Fsp3) is 0.562. The summed E-state index contributed by atoms with van der Waals surface area (Å²) in [5.74, 6) is -0.454. The van der Waals surface area contributed by atoms with Gasteiger partial charge in [0.05, 0.1) is 13.2 Å². The summed E-state index contributed by atoms with van der Waals surface area (Å²) < 4.78 is 37.2. The lowest BCUT2D eigenvalue weighted by Gasteiger charge is -2.12. The molecule has 0 saturated heterocycles. The zero-order valence-electron chi connectivity index (χ0n) is 13.7. The minimum absolute atomic E-state index is 0.0852. The Hall–Kier alpha value is -1.73. The molecule has 0 atom stereocenters. The normalized spacial score (nSPS) is 11.6. The van der Waals surface area contributed by atoms with Gasteiger partial charge in [-0.05, 0) is 25.0 Å². The Labute approximate surface area is 136 Å².